The number of hydrogen-bond acceptors (Lipinski definition) is 5. The van der Waals surface area contributed by atoms with Crippen LogP contribution in [0.3, 0.4) is 0 Å². The summed E-state index contributed by atoms with van der Waals surface area (Å²) < 4.78 is 17.7. The number of aromatic nitrogens is 2. The molecular weight excluding hydrogens is 241 g/mol. The van der Waals surface area contributed by atoms with E-state index >= 15 is 0 Å². The Morgan fingerprint density at radius 1 is 1.33 bits per heavy atom. The number of halogens is 1. The van der Waals surface area contributed by atoms with E-state index in [9.17, 15) is 14.0 Å². The van der Waals surface area contributed by atoms with Crippen molar-refractivity contribution in [1.29, 1.82) is 0 Å². The molecule has 0 atom stereocenters. The average Bonchev–Trinajstić information content (AvgIpc) is 2.93. The van der Waals surface area contributed by atoms with Crippen molar-refractivity contribution in [2.24, 2.45) is 0 Å². The first-order chi connectivity index (χ1) is 8.66. The molecule has 1 aliphatic rings. The molecule has 90 valence electrons. The third-order valence-corrected chi connectivity index (χ3v) is 2.64. The van der Waals surface area contributed by atoms with Crippen LogP contribution in [0.1, 0.15) is 16.2 Å². The average molecular weight is 247 g/mol. The van der Waals surface area contributed by atoms with Crippen LogP contribution in [0.25, 0.3) is 0 Å². The van der Waals surface area contributed by atoms with Gasteiger partial charge in [-0.1, -0.05) is 5.16 Å². The van der Waals surface area contributed by atoms with Gasteiger partial charge in [-0.25, -0.2) is 4.39 Å². The molecule has 0 fully saturated rings. The van der Waals surface area contributed by atoms with Crippen molar-refractivity contribution in [2.45, 2.75) is 6.54 Å². The molecule has 2 heterocycles. The van der Waals surface area contributed by atoms with Crippen LogP contribution in [0.15, 0.2) is 29.1 Å². The SMILES string of the molecule is O=C1C(=O)N(Cc2ncon2)c2cc(F)ccc21. The van der Waals surface area contributed by atoms with E-state index in [-0.39, 0.29) is 23.6 Å². The lowest BCUT2D eigenvalue weighted by Crippen LogP contribution is -2.29. The molecule has 0 unspecified atom stereocenters. The van der Waals surface area contributed by atoms with Gasteiger partial charge in [0.2, 0.25) is 6.39 Å². The molecule has 0 N–H and O–H groups in total. The first kappa shape index (κ1) is 10.6. The third kappa shape index (κ3) is 1.48. The Morgan fingerprint density at radius 3 is 2.89 bits per heavy atom. The normalized spacial score (nSPS) is 14.2. The lowest BCUT2D eigenvalue weighted by Gasteiger charge is -2.13. The van der Waals surface area contributed by atoms with Gasteiger partial charge in [-0.15, -0.1) is 0 Å². The molecule has 0 bridgehead atoms. The Bertz CT molecular complexity index is 639. The maximum Gasteiger partial charge on any atom is 0.299 e. The molecule has 3 rings (SSSR count). The van der Waals surface area contributed by atoms with Gasteiger partial charge < -0.3 is 4.52 Å². The van der Waals surface area contributed by atoms with Crippen molar-refractivity contribution < 1.29 is 18.5 Å². The second-order valence-electron chi connectivity index (χ2n) is 3.73. The second-order valence-corrected chi connectivity index (χ2v) is 3.73. The van der Waals surface area contributed by atoms with Crippen LogP contribution in [0.5, 0.6) is 0 Å². The number of benzene rings is 1. The molecule has 2 aromatic rings. The molecule has 0 radical (unpaired) electrons. The van der Waals surface area contributed by atoms with Crippen LogP contribution in [0, 0.1) is 5.82 Å². The Labute approximate surface area is 100 Å². The van der Waals surface area contributed by atoms with Gasteiger partial charge in [0.15, 0.2) is 5.82 Å². The van der Waals surface area contributed by atoms with Crippen molar-refractivity contribution in [3.05, 3.63) is 41.8 Å². The van der Waals surface area contributed by atoms with Crippen LogP contribution in [-0.4, -0.2) is 21.8 Å². The highest BCUT2D eigenvalue weighted by molar-refractivity contribution is 6.52. The maximum absolute atomic E-state index is 13.2. The number of amides is 1. The summed E-state index contributed by atoms with van der Waals surface area (Å²) in [6.45, 7) is -0.0302. The van der Waals surface area contributed by atoms with Crippen molar-refractivity contribution in [3.63, 3.8) is 0 Å². The number of fused-ring (bicyclic) bond motifs is 1. The van der Waals surface area contributed by atoms with E-state index in [0.717, 1.165) is 23.4 Å². The highest BCUT2D eigenvalue weighted by Gasteiger charge is 2.36. The van der Waals surface area contributed by atoms with Gasteiger partial charge in [-0.05, 0) is 18.2 Å². The summed E-state index contributed by atoms with van der Waals surface area (Å²) in [5.41, 5.74) is 0.416. The number of rotatable bonds is 2. The van der Waals surface area contributed by atoms with Gasteiger partial charge in [0, 0.05) is 0 Å². The summed E-state index contributed by atoms with van der Waals surface area (Å²) in [6, 6.07) is 3.57. The van der Waals surface area contributed by atoms with E-state index in [1.807, 2.05) is 0 Å². The number of hydrogen-bond donors (Lipinski definition) is 0. The van der Waals surface area contributed by atoms with Gasteiger partial charge in [0.1, 0.15) is 5.82 Å². The van der Waals surface area contributed by atoms with Crippen LogP contribution in [0.2, 0.25) is 0 Å². The van der Waals surface area contributed by atoms with E-state index < -0.39 is 17.5 Å². The van der Waals surface area contributed by atoms with Crippen molar-refractivity contribution in [2.75, 3.05) is 4.90 Å². The summed E-state index contributed by atoms with van der Waals surface area (Å²) in [6.07, 6.45) is 1.12. The third-order valence-electron chi connectivity index (χ3n) is 2.64. The zero-order valence-electron chi connectivity index (χ0n) is 8.96. The molecule has 0 spiro atoms. The summed E-state index contributed by atoms with van der Waals surface area (Å²) in [5, 5.41) is 3.55. The number of Topliss-reactive ketones (excluding diaryl/α,β-unsaturated/α-hetero) is 1. The maximum atomic E-state index is 13.2. The minimum Gasteiger partial charge on any atom is -0.343 e. The van der Waals surface area contributed by atoms with Crippen molar-refractivity contribution in [1.82, 2.24) is 10.1 Å². The minimum atomic E-state index is -0.722. The smallest absolute Gasteiger partial charge is 0.299 e. The fourth-order valence-electron chi connectivity index (χ4n) is 1.83. The molecule has 0 saturated heterocycles. The summed E-state index contributed by atoms with van der Waals surface area (Å²) in [7, 11) is 0. The molecule has 18 heavy (non-hydrogen) atoms. The molecule has 0 saturated carbocycles. The first-order valence-electron chi connectivity index (χ1n) is 5.08. The highest BCUT2D eigenvalue weighted by Crippen LogP contribution is 2.30. The summed E-state index contributed by atoms with van der Waals surface area (Å²) in [4.78, 5) is 28.3. The van der Waals surface area contributed by atoms with Gasteiger partial charge in [0.05, 0.1) is 17.8 Å². The Hall–Kier alpha value is -2.57. The monoisotopic (exact) mass is 247 g/mol. The van der Waals surface area contributed by atoms with Crippen LogP contribution in [-0.2, 0) is 11.3 Å². The molecule has 1 aliphatic heterocycles. The summed E-state index contributed by atoms with van der Waals surface area (Å²) in [5.74, 6) is -1.66. The molecule has 1 amide bonds. The van der Waals surface area contributed by atoms with E-state index in [1.54, 1.807) is 0 Å². The van der Waals surface area contributed by atoms with Crippen molar-refractivity contribution >= 4 is 17.4 Å². The van der Waals surface area contributed by atoms with Gasteiger partial charge in [0.25, 0.3) is 11.7 Å². The number of carbonyl (C=O) groups is 2. The number of carbonyl (C=O) groups excluding carboxylic acids is 2. The second kappa shape index (κ2) is 3.73. The zero-order chi connectivity index (χ0) is 12.7. The van der Waals surface area contributed by atoms with Crippen LogP contribution in [0.4, 0.5) is 10.1 Å². The number of nitrogens with zero attached hydrogens (tertiary/aromatic N) is 3. The fraction of sp³-hybridized carbons (Fsp3) is 0.0909. The molecule has 0 aliphatic carbocycles. The van der Waals surface area contributed by atoms with E-state index in [2.05, 4.69) is 14.7 Å². The van der Waals surface area contributed by atoms with Crippen molar-refractivity contribution in [3.8, 4) is 0 Å². The largest absolute Gasteiger partial charge is 0.343 e. The molecule has 1 aromatic heterocycles. The number of anilines is 1. The van der Waals surface area contributed by atoms with Gasteiger partial charge >= 0.3 is 0 Å². The zero-order valence-corrected chi connectivity index (χ0v) is 8.96. The molecule has 6 nitrogen and oxygen atoms in total. The van der Waals surface area contributed by atoms with Gasteiger partial charge in [-0.2, -0.15) is 4.98 Å². The predicted octanol–water partition coefficient (Wildman–Crippen LogP) is 0.938. The molecule has 1 aromatic carbocycles. The standard InChI is InChI=1S/C11H6FN3O3/c12-6-1-2-7-8(3-6)15(11(17)10(7)16)4-9-13-5-18-14-9/h1-3,5H,4H2. The summed E-state index contributed by atoms with van der Waals surface area (Å²) >= 11 is 0. The first-order valence-corrected chi connectivity index (χ1v) is 5.08. The van der Waals surface area contributed by atoms with Crippen LogP contribution >= 0.6 is 0 Å². The van der Waals surface area contributed by atoms with E-state index in [0.29, 0.717) is 0 Å². The Balaban J connectivity index is 2.03. The lowest BCUT2D eigenvalue weighted by atomic mass is 10.1. The van der Waals surface area contributed by atoms with E-state index in [4.69, 9.17) is 0 Å². The highest BCUT2D eigenvalue weighted by atomic mass is 19.1. The molecule has 7 heteroatoms. The number of ketones is 1. The van der Waals surface area contributed by atoms with E-state index in [1.165, 1.54) is 6.07 Å². The lowest BCUT2D eigenvalue weighted by molar-refractivity contribution is -0.114. The predicted molar refractivity (Wildman–Crippen MR) is 56.2 cm³/mol. The quantitative estimate of drug-likeness (QED) is 0.738. The van der Waals surface area contributed by atoms with Gasteiger partial charge in [-0.3, -0.25) is 14.5 Å². The minimum absolute atomic E-state index is 0.0302. The van der Waals surface area contributed by atoms with Crippen LogP contribution < -0.4 is 4.90 Å². The topological polar surface area (TPSA) is 76.3 Å². The Morgan fingerprint density at radius 2 is 2.17 bits per heavy atom. The fourth-order valence-corrected chi connectivity index (χ4v) is 1.83. The Kier molecular flexibility index (Phi) is 2.19. The molecular formula is C11H6FN3O3.